The summed E-state index contributed by atoms with van der Waals surface area (Å²) < 4.78 is 88.8. The molecule has 0 saturated heterocycles. The van der Waals surface area contributed by atoms with Crippen LogP contribution in [0.2, 0.25) is 0 Å². The SMILES string of the molecule is COc1ccc(CN(c2ncns2)S(=O)(=O)c2ccc(F)c(F)c2)c(OC)c1.COc1ccc(CNc2ncns2)c(OC)c1.[2H]CS.[H-].[Li+]. The number of aromatic nitrogens is 4. The molecule has 12 nitrogen and oxygen atoms in total. The topological polar surface area (TPSA) is 138 Å². The minimum atomic E-state index is -4.25. The van der Waals surface area contributed by atoms with Gasteiger partial charge in [0.1, 0.15) is 35.7 Å². The zero-order valence-electron chi connectivity index (χ0n) is 28.6. The van der Waals surface area contributed by atoms with Gasteiger partial charge in [-0.05, 0) is 48.7 Å². The zero-order chi connectivity index (χ0) is 35.1. The molecule has 0 radical (unpaired) electrons. The van der Waals surface area contributed by atoms with Crippen molar-refractivity contribution in [2.45, 2.75) is 18.0 Å². The molecule has 48 heavy (non-hydrogen) atoms. The Morgan fingerprint density at radius 1 is 0.854 bits per heavy atom. The summed E-state index contributed by atoms with van der Waals surface area (Å²) >= 11 is 5.63. The Balaban J connectivity index is 0.000000488. The maximum Gasteiger partial charge on any atom is 1.00 e. The van der Waals surface area contributed by atoms with E-state index < -0.39 is 26.6 Å². The van der Waals surface area contributed by atoms with E-state index in [2.05, 4.69) is 36.7 Å². The fraction of sp³-hybridized carbons (Fsp3) is 0.241. The average Bonchev–Trinajstić information content (AvgIpc) is 3.83. The van der Waals surface area contributed by atoms with E-state index >= 15 is 0 Å². The molecule has 0 saturated carbocycles. The third-order valence-corrected chi connectivity index (χ3v) is 9.29. The molecule has 2 aromatic heterocycles. The first-order valence-electron chi connectivity index (χ1n) is 13.9. The minimum Gasteiger partial charge on any atom is -1.00 e. The van der Waals surface area contributed by atoms with Gasteiger partial charge in [0.2, 0.25) is 10.3 Å². The molecule has 5 aromatic rings. The quantitative estimate of drug-likeness (QED) is 0.145. The molecule has 2 heterocycles. The summed E-state index contributed by atoms with van der Waals surface area (Å²) in [6.45, 7) is 0.478. The molecular formula is C29H33F2LiN6O6S4. The summed E-state index contributed by atoms with van der Waals surface area (Å²) in [7, 11) is 1.96. The molecule has 254 valence electrons. The van der Waals surface area contributed by atoms with Gasteiger partial charge < -0.3 is 25.7 Å². The first-order chi connectivity index (χ1) is 23.1. The molecule has 0 atom stereocenters. The van der Waals surface area contributed by atoms with Gasteiger partial charge in [0.05, 0.1) is 39.9 Å². The van der Waals surface area contributed by atoms with Gasteiger partial charge in [0, 0.05) is 54.2 Å². The van der Waals surface area contributed by atoms with Crippen LogP contribution in [-0.2, 0) is 23.1 Å². The van der Waals surface area contributed by atoms with Gasteiger partial charge in [0.25, 0.3) is 10.0 Å². The van der Waals surface area contributed by atoms with E-state index in [0.29, 0.717) is 29.7 Å². The predicted octanol–water partition coefficient (Wildman–Crippen LogP) is 3.06. The Morgan fingerprint density at radius 3 is 1.96 bits per heavy atom. The summed E-state index contributed by atoms with van der Waals surface area (Å²) in [6, 6.07) is 13.0. The van der Waals surface area contributed by atoms with Crippen molar-refractivity contribution in [3.8, 4) is 23.0 Å². The second-order valence-electron chi connectivity index (χ2n) is 8.77. The molecule has 0 fully saturated rings. The summed E-state index contributed by atoms with van der Waals surface area (Å²) in [5.74, 6) is 0.0994. The number of hydrogen-bond acceptors (Lipinski definition) is 14. The molecule has 0 amide bonds. The van der Waals surface area contributed by atoms with Crippen molar-refractivity contribution in [2.75, 3.05) is 44.3 Å². The third-order valence-electron chi connectivity index (χ3n) is 6.14. The number of benzene rings is 3. The van der Waals surface area contributed by atoms with Gasteiger partial charge in [-0.15, -0.1) is 0 Å². The third kappa shape index (κ3) is 10.7. The number of methoxy groups -OCH3 is 4. The van der Waals surface area contributed by atoms with Crippen LogP contribution < -0.4 is 47.4 Å². The maximum absolute atomic E-state index is 13.6. The Hall–Kier alpha value is -3.66. The van der Waals surface area contributed by atoms with E-state index in [-0.39, 0.29) is 38.2 Å². The van der Waals surface area contributed by atoms with E-state index in [1.54, 1.807) is 32.4 Å². The monoisotopic (exact) mass is 735 g/mol. The molecule has 0 aliphatic carbocycles. The molecule has 5 rings (SSSR count). The van der Waals surface area contributed by atoms with Crippen molar-refractivity contribution >= 4 is 56.0 Å². The maximum atomic E-state index is 13.6. The first-order valence-corrected chi connectivity index (χ1v) is 16.8. The smallest absolute Gasteiger partial charge is 1.00 e. The van der Waals surface area contributed by atoms with Crippen LogP contribution in [-0.4, -0.2) is 61.8 Å². The number of thiol groups is 1. The second kappa shape index (κ2) is 20.0. The molecular weight excluding hydrogens is 702 g/mol. The van der Waals surface area contributed by atoms with Gasteiger partial charge >= 0.3 is 18.9 Å². The molecule has 0 bridgehead atoms. The molecule has 0 aliphatic rings. The van der Waals surface area contributed by atoms with E-state index in [1.165, 1.54) is 38.4 Å². The largest absolute Gasteiger partial charge is 1.00 e. The van der Waals surface area contributed by atoms with Gasteiger partial charge in [-0.3, -0.25) is 0 Å². The average molecular weight is 736 g/mol. The number of ether oxygens (including phenoxy) is 4. The van der Waals surface area contributed by atoms with Crippen molar-refractivity contribution in [1.82, 2.24) is 18.7 Å². The molecule has 0 unspecified atom stereocenters. The second-order valence-corrected chi connectivity index (χ2v) is 12.2. The van der Waals surface area contributed by atoms with E-state index in [4.69, 9.17) is 20.3 Å². The minimum absolute atomic E-state index is 0. The van der Waals surface area contributed by atoms with Crippen LogP contribution in [0.5, 0.6) is 23.0 Å². The number of rotatable bonds is 12. The first kappa shape index (κ1) is 38.8. The van der Waals surface area contributed by atoms with Crippen LogP contribution in [0, 0.1) is 11.6 Å². The van der Waals surface area contributed by atoms with Crippen molar-refractivity contribution in [1.29, 1.82) is 0 Å². The Morgan fingerprint density at radius 2 is 1.44 bits per heavy atom. The van der Waals surface area contributed by atoms with E-state index in [9.17, 15) is 17.2 Å². The molecule has 3 aromatic carbocycles. The van der Waals surface area contributed by atoms with Crippen LogP contribution in [0.3, 0.4) is 0 Å². The van der Waals surface area contributed by atoms with Gasteiger partial charge in [-0.25, -0.2) is 31.5 Å². The van der Waals surface area contributed by atoms with Crippen molar-refractivity contribution in [3.05, 3.63) is 90.0 Å². The van der Waals surface area contributed by atoms with E-state index in [0.717, 1.165) is 50.2 Å². The molecule has 19 heteroatoms. The standard InChI is InChI=1S/C17H15F2N3O4S2.C11H13N3O2S.CH4S.Li.H/c1-25-12-4-3-11(16(7-12)26-2)9-22(17-20-10-21-27-17)28(23,24)13-5-6-14(18)15(19)8-13;1-15-9-4-3-8(10(5-9)16-2)6-12-11-13-7-14-17-11;1-2;;/h3-8,10H,9H2,1-2H3;3-5,7H,6H2,1-2H3,(H,12,13,14);2H,1H3;;/q;;;+1;-1/i;;1D;;. The fourth-order valence-electron chi connectivity index (χ4n) is 3.85. The summed E-state index contributed by atoms with van der Waals surface area (Å²) in [5.41, 5.74) is 1.56. The van der Waals surface area contributed by atoms with E-state index in [1.807, 2.05) is 18.2 Å². The van der Waals surface area contributed by atoms with Crippen LogP contribution in [0.1, 0.15) is 13.9 Å². The van der Waals surface area contributed by atoms with Gasteiger partial charge in [-0.1, -0.05) is 0 Å². The van der Waals surface area contributed by atoms with Gasteiger partial charge in [0.15, 0.2) is 11.6 Å². The number of nitrogens with zero attached hydrogens (tertiary/aromatic N) is 5. The number of sulfonamides is 1. The summed E-state index contributed by atoms with van der Waals surface area (Å²) in [5, 5.41) is 4.04. The number of anilines is 2. The number of nitrogens with one attached hydrogen (secondary N) is 1. The van der Waals surface area contributed by atoms with Crippen molar-refractivity contribution in [3.63, 3.8) is 0 Å². The van der Waals surface area contributed by atoms with Crippen LogP contribution in [0.25, 0.3) is 0 Å². The van der Waals surface area contributed by atoms with Crippen molar-refractivity contribution in [2.24, 2.45) is 0 Å². The molecule has 0 spiro atoms. The molecule has 0 aliphatic heterocycles. The molecule has 1 N–H and O–H groups in total. The van der Waals surface area contributed by atoms with Crippen molar-refractivity contribution < 1.29 is 57.8 Å². The van der Waals surface area contributed by atoms with Crippen LogP contribution >= 0.6 is 35.7 Å². The van der Waals surface area contributed by atoms with Crippen LogP contribution in [0.15, 0.2) is 72.1 Å². The normalized spacial score (nSPS) is 10.5. The zero-order valence-corrected chi connectivity index (χ0v) is 29.9. The predicted molar refractivity (Wildman–Crippen MR) is 182 cm³/mol. The summed E-state index contributed by atoms with van der Waals surface area (Å²) in [4.78, 5) is 7.60. The fourth-order valence-corrected chi connectivity index (χ4v) is 6.42. The number of halogens is 2. The number of hydrogen-bond donors (Lipinski definition) is 2. The Labute approximate surface area is 306 Å². The van der Waals surface area contributed by atoms with Crippen LogP contribution in [0.4, 0.5) is 19.0 Å². The Bertz CT molecular complexity index is 1840. The Kier molecular flexibility index (Phi) is 16.2. The summed E-state index contributed by atoms with van der Waals surface area (Å²) in [6.07, 6.45) is 2.93. The van der Waals surface area contributed by atoms with Gasteiger partial charge in [-0.2, -0.15) is 21.4 Å².